The van der Waals surface area contributed by atoms with E-state index in [0.717, 1.165) is 12.2 Å². The number of carbonyl (C=O) groups is 1. The van der Waals surface area contributed by atoms with Gasteiger partial charge in [0.1, 0.15) is 11.6 Å². The van der Waals surface area contributed by atoms with Crippen LogP contribution in [0.4, 0.5) is 4.39 Å². The summed E-state index contributed by atoms with van der Waals surface area (Å²) in [6, 6.07) is 13.4. The summed E-state index contributed by atoms with van der Waals surface area (Å²) < 4.78 is 18.3. The number of hydrogen-bond donors (Lipinski definition) is 0. The molecule has 0 aliphatic heterocycles. The van der Waals surface area contributed by atoms with Crippen molar-refractivity contribution in [1.82, 2.24) is 0 Å². The van der Waals surface area contributed by atoms with Crippen LogP contribution in [0.25, 0.3) is 0 Å². The average Bonchev–Trinajstić information content (AvgIpc) is 2.48. The van der Waals surface area contributed by atoms with Crippen molar-refractivity contribution in [2.24, 2.45) is 0 Å². The molecule has 0 aliphatic carbocycles. The maximum Gasteiger partial charge on any atom is 0.166 e. The molecule has 2 nitrogen and oxygen atoms in total. The molecule has 0 bridgehead atoms. The van der Waals surface area contributed by atoms with Crippen molar-refractivity contribution in [3.05, 3.63) is 65.5 Å². The molecule has 0 saturated heterocycles. The molecule has 3 heteroatoms. The molecule has 0 unspecified atom stereocenters. The predicted octanol–water partition coefficient (Wildman–Crippen LogP) is 4.04. The van der Waals surface area contributed by atoms with Gasteiger partial charge in [-0.3, -0.25) is 4.79 Å². The Hall–Kier alpha value is -2.16. The number of benzene rings is 2. The Labute approximate surface area is 118 Å². The van der Waals surface area contributed by atoms with Gasteiger partial charge in [-0.05, 0) is 48.4 Å². The number of ether oxygens (including phenoxy) is 1. The SMILES string of the molecule is CCc1ccc(OCCC(=O)c2ccc(F)cc2)cc1. The predicted molar refractivity (Wildman–Crippen MR) is 76.7 cm³/mol. The van der Waals surface area contributed by atoms with Crippen LogP contribution in [0.15, 0.2) is 48.5 Å². The Morgan fingerprint density at radius 2 is 1.70 bits per heavy atom. The van der Waals surface area contributed by atoms with Crippen LogP contribution in [0.1, 0.15) is 29.3 Å². The Morgan fingerprint density at radius 3 is 2.30 bits per heavy atom. The lowest BCUT2D eigenvalue weighted by molar-refractivity contribution is 0.0962. The third kappa shape index (κ3) is 3.92. The third-order valence-corrected chi connectivity index (χ3v) is 3.10. The number of ketones is 1. The fourth-order valence-corrected chi connectivity index (χ4v) is 1.86. The fourth-order valence-electron chi connectivity index (χ4n) is 1.86. The zero-order chi connectivity index (χ0) is 14.4. The number of halogens is 1. The van der Waals surface area contributed by atoms with Gasteiger partial charge in [-0.1, -0.05) is 19.1 Å². The summed E-state index contributed by atoms with van der Waals surface area (Å²) in [7, 11) is 0. The van der Waals surface area contributed by atoms with E-state index < -0.39 is 0 Å². The zero-order valence-electron chi connectivity index (χ0n) is 11.4. The topological polar surface area (TPSA) is 26.3 Å². The Kier molecular flexibility index (Phi) is 4.88. The second kappa shape index (κ2) is 6.85. The molecule has 0 amide bonds. The summed E-state index contributed by atoms with van der Waals surface area (Å²) >= 11 is 0. The molecule has 20 heavy (non-hydrogen) atoms. The largest absolute Gasteiger partial charge is 0.493 e. The molecule has 0 saturated carbocycles. The van der Waals surface area contributed by atoms with E-state index in [1.165, 1.54) is 29.8 Å². The number of rotatable bonds is 6. The first-order valence-corrected chi connectivity index (χ1v) is 6.69. The maximum atomic E-state index is 12.7. The molecule has 2 aromatic rings. The van der Waals surface area contributed by atoms with E-state index in [4.69, 9.17) is 4.74 Å². The first kappa shape index (κ1) is 14.3. The van der Waals surface area contributed by atoms with Crippen molar-refractivity contribution in [1.29, 1.82) is 0 Å². The molecule has 0 N–H and O–H groups in total. The molecule has 0 aliphatic rings. The molecule has 0 fully saturated rings. The lowest BCUT2D eigenvalue weighted by atomic mass is 10.1. The standard InChI is InChI=1S/C17H17FO2/c1-2-13-3-9-16(10-4-13)20-12-11-17(19)14-5-7-15(18)8-6-14/h3-10H,2,11-12H2,1H3. The van der Waals surface area contributed by atoms with Crippen LogP contribution in [0, 0.1) is 5.82 Å². The van der Waals surface area contributed by atoms with Crippen LogP contribution in [0.3, 0.4) is 0 Å². The van der Waals surface area contributed by atoms with Crippen LogP contribution < -0.4 is 4.74 Å². The highest BCUT2D eigenvalue weighted by atomic mass is 19.1. The van der Waals surface area contributed by atoms with Gasteiger partial charge in [-0.2, -0.15) is 0 Å². The van der Waals surface area contributed by atoms with Gasteiger partial charge in [0.25, 0.3) is 0 Å². The van der Waals surface area contributed by atoms with Crippen molar-refractivity contribution in [2.75, 3.05) is 6.61 Å². The van der Waals surface area contributed by atoms with E-state index in [-0.39, 0.29) is 18.0 Å². The van der Waals surface area contributed by atoms with Crippen molar-refractivity contribution in [3.63, 3.8) is 0 Å². The Balaban J connectivity index is 1.82. The molecule has 0 spiro atoms. The van der Waals surface area contributed by atoms with Crippen LogP contribution in [0.5, 0.6) is 5.75 Å². The summed E-state index contributed by atoms with van der Waals surface area (Å²) in [5.74, 6) is 0.373. The zero-order valence-corrected chi connectivity index (χ0v) is 11.4. The minimum atomic E-state index is -0.339. The van der Waals surface area contributed by atoms with Crippen molar-refractivity contribution in [3.8, 4) is 5.75 Å². The number of hydrogen-bond acceptors (Lipinski definition) is 2. The molecular weight excluding hydrogens is 255 g/mol. The normalized spacial score (nSPS) is 10.3. The average molecular weight is 272 g/mol. The van der Waals surface area contributed by atoms with E-state index in [9.17, 15) is 9.18 Å². The lowest BCUT2D eigenvalue weighted by Crippen LogP contribution is -2.06. The van der Waals surface area contributed by atoms with Crippen LogP contribution >= 0.6 is 0 Å². The van der Waals surface area contributed by atoms with Gasteiger partial charge in [-0.15, -0.1) is 0 Å². The second-order valence-electron chi connectivity index (χ2n) is 4.53. The van der Waals surface area contributed by atoms with E-state index >= 15 is 0 Å². The molecule has 0 aromatic heterocycles. The fraction of sp³-hybridized carbons (Fsp3) is 0.235. The highest BCUT2D eigenvalue weighted by Gasteiger charge is 2.06. The number of Topliss-reactive ketones (excluding diaryl/α,β-unsaturated/α-hetero) is 1. The summed E-state index contributed by atoms with van der Waals surface area (Å²) in [5, 5.41) is 0. The summed E-state index contributed by atoms with van der Waals surface area (Å²) in [6.45, 7) is 2.42. The molecule has 2 rings (SSSR count). The van der Waals surface area contributed by atoms with E-state index in [0.29, 0.717) is 12.2 Å². The molecule has 2 aromatic carbocycles. The minimum absolute atomic E-state index is 0.0461. The molecular formula is C17H17FO2. The highest BCUT2D eigenvalue weighted by molar-refractivity contribution is 5.96. The maximum absolute atomic E-state index is 12.7. The molecule has 0 heterocycles. The van der Waals surface area contributed by atoms with Crippen molar-refractivity contribution in [2.45, 2.75) is 19.8 Å². The third-order valence-electron chi connectivity index (χ3n) is 3.10. The summed E-state index contributed by atoms with van der Waals surface area (Å²) in [5.41, 5.74) is 1.76. The van der Waals surface area contributed by atoms with Gasteiger partial charge in [0.2, 0.25) is 0 Å². The number of aryl methyl sites for hydroxylation is 1. The molecule has 0 atom stereocenters. The molecule has 104 valence electrons. The number of carbonyl (C=O) groups excluding carboxylic acids is 1. The van der Waals surface area contributed by atoms with Crippen LogP contribution in [0.2, 0.25) is 0 Å². The van der Waals surface area contributed by atoms with Gasteiger partial charge in [-0.25, -0.2) is 4.39 Å². The van der Waals surface area contributed by atoms with Gasteiger partial charge >= 0.3 is 0 Å². The second-order valence-corrected chi connectivity index (χ2v) is 4.53. The van der Waals surface area contributed by atoms with Gasteiger partial charge in [0.05, 0.1) is 6.61 Å². The summed E-state index contributed by atoms with van der Waals surface area (Å²) in [6.07, 6.45) is 1.27. The van der Waals surface area contributed by atoms with Crippen molar-refractivity contribution < 1.29 is 13.9 Å². The minimum Gasteiger partial charge on any atom is -0.493 e. The first-order chi connectivity index (χ1) is 9.69. The van der Waals surface area contributed by atoms with Crippen molar-refractivity contribution >= 4 is 5.78 Å². The quantitative estimate of drug-likeness (QED) is 0.742. The van der Waals surface area contributed by atoms with Gasteiger partial charge in [0, 0.05) is 12.0 Å². The highest BCUT2D eigenvalue weighted by Crippen LogP contribution is 2.13. The van der Waals surface area contributed by atoms with E-state index in [1.54, 1.807) is 0 Å². The Bertz CT molecular complexity index is 559. The van der Waals surface area contributed by atoms with Crippen LogP contribution in [-0.2, 0) is 6.42 Å². The first-order valence-electron chi connectivity index (χ1n) is 6.69. The van der Waals surface area contributed by atoms with E-state index in [2.05, 4.69) is 6.92 Å². The van der Waals surface area contributed by atoms with Gasteiger partial charge in [0.15, 0.2) is 5.78 Å². The summed E-state index contributed by atoms with van der Waals surface area (Å²) in [4.78, 5) is 11.8. The van der Waals surface area contributed by atoms with E-state index in [1.807, 2.05) is 24.3 Å². The molecule has 0 radical (unpaired) electrons. The lowest BCUT2D eigenvalue weighted by Gasteiger charge is -2.06. The monoisotopic (exact) mass is 272 g/mol. The van der Waals surface area contributed by atoms with Gasteiger partial charge < -0.3 is 4.74 Å². The smallest absolute Gasteiger partial charge is 0.166 e. The Morgan fingerprint density at radius 1 is 1.05 bits per heavy atom. The van der Waals surface area contributed by atoms with Crippen LogP contribution in [-0.4, -0.2) is 12.4 Å².